The normalized spacial score (nSPS) is 16.4. The maximum atomic E-state index is 5.84. The van der Waals surface area contributed by atoms with E-state index in [4.69, 9.17) is 9.47 Å². The summed E-state index contributed by atoms with van der Waals surface area (Å²) in [6, 6.07) is 9.68. The van der Waals surface area contributed by atoms with Gasteiger partial charge in [-0.3, -0.25) is 0 Å². The summed E-state index contributed by atoms with van der Waals surface area (Å²) in [7, 11) is 0. The smallest absolute Gasteiger partial charge is 0.213 e. The van der Waals surface area contributed by atoms with Crippen LogP contribution in [0.1, 0.15) is 23.4 Å². The maximum absolute atomic E-state index is 5.84. The molecule has 4 heterocycles. The van der Waals surface area contributed by atoms with E-state index in [0.717, 1.165) is 30.0 Å². The van der Waals surface area contributed by atoms with Gasteiger partial charge < -0.3 is 14.8 Å². The molecule has 1 atom stereocenters. The largest absolute Gasteiger partial charge is 0.472 e. The molecule has 27 heavy (non-hydrogen) atoms. The Labute approximate surface area is 157 Å². The lowest BCUT2D eigenvalue weighted by molar-refractivity contribution is 0.138. The quantitative estimate of drug-likeness (QED) is 0.717. The SMILES string of the molecule is Cc1cc(C)n(-c2ccc(NCc3ccnc(OC4CCOC4)c3)nn2)n1. The number of ether oxygens (including phenoxy) is 2. The van der Waals surface area contributed by atoms with Gasteiger partial charge in [-0.1, -0.05) is 0 Å². The van der Waals surface area contributed by atoms with E-state index in [1.807, 2.05) is 44.2 Å². The van der Waals surface area contributed by atoms with E-state index < -0.39 is 0 Å². The van der Waals surface area contributed by atoms with Gasteiger partial charge in [0, 0.05) is 30.9 Å². The molecule has 0 spiro atoms. The second kappa shape index (κ2) is 7.71. The van der Waals surface area contributed by atoms with Gasteiger partial charge in [0.25, 0.3) is 0 Å². The number of anilines is 1. The van der Waals surface area contributed by atoms with Gasteiger partial charge in [-0.15, -0.1) is 10.2 Å². The first-order chi connectivity index (χ1) is 13.2. The number of aromatic nitrogens is 5. The summed E-state index contributed by atoms with van der Waals surface area (Å²) in [5, 5.41) is 16.2. The Hall–Kier alpha value is -3.00. The van der Waals surface area contributed by atoms with Gasteiger partial charge in [0.2, 0.25) is 5.88 Å². The van der Waals surface area contributed by atoms with Crippen molar-refractivity contribution >= 4 is 5.82 Å². The number of nitrogens with zero attached hydrogens (tertiary/aromatic N) is 5. The average Bonchev–Trinajstić information content (AvgIpc) is 3.30. The third-order valence-corrected chi connectivity index (χ3v) is 4.33. The van der Waals surface area contributed by atoms with Crippen LogP contribution in [0.15, 0.2) is 36.5 Å². The van der Waals surface area contributed by atoms with E-state index in [-0.39, 0.29) is 6.10 Å². The van der Waals surface area contributed by atoms with Crippen molar-refractivity contribution in [1.82, 2.24) is 25.0 Å². The zero-order chi connectivity index (χ0) is 18.6. The van der Waals surface area contributed by atoms with Crippen molar-refractivity contribution in [3.8, 4) is 11.7 Å². The third kappa shape index (κ3) is 4.22. The second-order valence-electron chi connectivity index (χ2n) is 6.58. The van der Waals surface area contributed by atoms with Crippen molar-refractivity contribution in [2.45, 2.75) is 32.9 Å². The first-order valence-corrected chi connectivity index (χ1v) is 8.98. The lowest BCUT2D eigenvalue weighted by atomic mass is 10.2. The molecule has 0 amide bonds. The Balaban J connectivity index is 1.38. The van der Waals surface area contributed by atoms with E-state index in [2.05, 4.69) is 25.6 Å². The number of pyridine rings is 1. The zero-order valence-corrected chi connectivity index (χ0v) is 15.4. The van der Waals surface area contributed by atoms with Gasteiger partial charge in [-0.25, -0.2) is 9.67 Å². The van der Waals surface area contributed by atoms with Crippen LogP contribution in [0.5, 0.6) is 5.88 Å². The Morgan fingerprint density at radius 3 is 2.85 bits per heavy atom. The molecule has 3 aromatic rings. The van der Waals surface area contributed by atoms with E-state index in [0.29, 0.717) is 30.7 Å². The molecule has 1 aliphatic rings. The van der Waals surface area contributed by atoms with Crippen molar-refractivity contribution in [2.75, 3.05) is 18.5 Å². The fraction of sp³-hybridized carbons (Fsp3) is 0.368. The molecule has 140 valence electrons. The minimum atomic E-state index is 0.0912. The molecule has 1 unspecified atom stereocenters. The van der Waals surface area contributed by atoms with Gasteiger partial charge in [0.15, 0.2) is 5.82 Å². The Kier molecular flexibility index (Phi) is 4.97. The van der Waals surface area contributed by atoms with E-state index >= 15 is 0 Å². The van der Waals surface area contributed by atoms with Crippen LogP contribution in [0.25, 0.3) is 5.82 Å². The summed E-state index contributed by atoms with van der Waals surface area (Å²) in [4.78, 5) is 4.27. The lowest BCUT2D eigenvalue weighted by Crippen LogP contribution is -2.16. The number of nitrogens with one attached hydrogen (secondary N) is 1. The van der Waals surface area contributed by atoms with Crippen LogP contribution in [0.4, 0.5) is 5.82 Å². The van der Waals surface area contributed by atoms with Crippen molar-refractivity contribution in [3.63, 3.8) is 0 Å². The molecule has 4 rings (SSSR count). The summed E-state index contributed by atoms with van der Waals surface area (Å²) in [6.07, 6.45) is 2.75. The van der Waals surface area contributed by atoms with Crippen LogP contribution in [-0.2, 0) is 11.3 Å². The van der Waals surface area contributed by atoms with Crippen LogP contribution in [0, 0.1) is 13.8 Å². The molecule has 1 fully saturated rings. The highest BCUT2D eigenvalue weighted by Crippen LogP contribution is 2.17. The van der Waals surface area contributed by atoms with Crippen molar-refractivity contribution < 1.29 is 9.47 Å². The summed E-state index contributed by atoms with van der Waals surface area (Å²) in [5.41, 5.74) is 3.04. The Bertz CT molecular complexity index is 903. The second-order valence-corrected chi connectivity index (χ2v) is 6.58. The molecule has 8 heteroatoms. The first-order valence-electron chi connectivity index (χ1n) is 8.98. The minimum Gasteiger partial charge on any atom is -0.472 e. The average molecular weight is 366 g/mol. The van der Waals surface area contributed by atoms with Crippen molar-refractivity contribution in [1.29, 1.82) is 0 Å². The van der Waals surface area contributed by atoms with Crippen LogP contribution >= 0.6 is 0 Å². The number of rotatable bonds is 6. The Morgan fingerprint density at radius 1 is 1.22 bits per heavy atom. The topological polar surface area (TPSA) is 87.0 Å². The maximum Gasteiger partial charge on any atom is 0.213 e. The number of aryl methyl sites for hydroxylation is 2. The molecule has 0 saturated carbocycles. The predicted octanol–water partition coefficient (Wildman–Crippen LogP) is 2.45. The van der Waals surface area contributed by atoms with Crippen LogP contribution in [0.2, 0.25) is 0 Å². The molecule has 3 aromatic heterocycles. The molecule has 8 nitrogen and oxygen atoms in total. The van der Waals surface area contributed by atoms with E-state index in [1.165, 1.54) is 0 Å². The fourth-order valence-corrected chi connectivity index (χ4v) is 2.99. The number of hydrogen-bond acceptors (Lipinski definition) is 7. The zero-order valence-electron chi connectivity index (χ0n) is 15.4. The minimum absolute atomic E-state index is 0.0912. The van der Waals surface area contributed by atoms with Crippen molar-refractivity contribution in [3.05, 3.63) is 53.5 Å². The van der Waals surface area contributed by atoms with Gasteiger partial charge in [-0.05, 0) is 43.7 Å². The standard InChI is InChI=1S/C19H22N6O2/c1-13-9-14(2)25(24-13)18-4-3-17(22-23-18)21-11-15-5-7-20-19(10-15)27-16-6-8-26-12-16/h3-5,7,9-10,16H,6,8,11-12H2,1-2H3,(H,21,22). The van der Waals surface area contributed by atoms with Gasteiger partial charge in [0.05, 0.1) is 18.9 Å². The highest BCUT2D eigenvalue weighted by atomic mass is 16.5. The molecular formula is C19H22N6O2. The highest BCUT2D eigenvalue weighted by Gasteiger charge is 2.17. The molecule has 0 aliphatic carbocycles. The first kappa shape index (κ1) is 17.4. The summed E-state index contributed by atoms with van der Waals surface area (Å²) < 4.78 is 13.0. The number of hydrogen-bond donors (Lipinski definition) is 1. The molecule has 0 bridgehead atoms. The predicted molar refractivity (Wildman–Crippen MR) is 100 cm³/mol. The molecular weight excluding hydrogens is 344 g/mol. The van der Waals surface area contributed by atoms with Crippen LogP contribution < -0.4 is 10.1 Å². The van der Waals surface area contributed by atoms with Crippen molar-refractivity contribution in [2.24, 2.45) is 0 Å². The van der Waals surface area contributed by atoms with E-state index in [9.17, 15) is 0 Å². The van der Waals surface area contributed by atoms with Crippen LogP contribution in [0.3, 0.4) is 0 Å². The van der Waals surface area contributed by atoms with Crippen LogP contribution in [-0.4, -0.2) is 44.3 Å². The molecule has 0 radical (unpaired) electrons. The molecule has 0 aromatic carbocycles. The van der Waals surface area contributed by atoms with E-state index in [1.54, 1.807) is 10.9 Å². The summed E-state index contributed by atoms with van der Waals surface area (Å²) in [5.74, 6) is 2.02. The Morgan fingerprint density at radius 2 is 2.15 bits per heavy atom. The molecule has 1 saturated heterocycles. The lowest BCUT2D eigenvalue weighted by Gasteiger charge is -2.12. The molecule has 1 aliphatic heterocycles. The van der Waals surface area contributed by atoms with Gasteiger partial charge >= 0.3 is 0 Å². The monoisotopic (exact) mass is 366 g/mol. The fourth-order valence-electron chi connectivity index (χ4n) is 2.99. The highest BCUT2D eigenvalue weighted by molar-refractivity contribution is 5.38. The summed E-state index contributed by atoms with van der Waals surface area (Å²) >= 11 is 0. The molecule has 1 N–H and O–H groups in total. The van der Waals surface area contributed by atoms with Gasteiger partial charge in [0.1, 0.15) is 11.9 Å². The summed E-state index contributed by atoms with van der Waals surface area (Å²) in [6.45, 7) is 5.93. The third-order valence-electron chi connectivity index (χ3n) is 4.33. The van der Waals surface area contributed by atoms with Gasteiger partial charge in [-0.2, -0.15) is 5.10 Å².